The Bertz CT molecular complexity index is 748. The molecule has 0 aromatic carbocycles. The fourth-order valence-electron chi connectivity index (χ4n) is 4.05. The number of Topliss-reactive ketones (excluding diaryl/α,β-unsaturated/α-hetero) is 1. The molecule has 0 amide bonds. The van der Waals surface area contributed by atoms with E-state index in [1.807, 2.05) is 0 Å². The first-order chi connectivity index (χ1) is 13.2. The summed E-state index contributed by atoms with van der Waals surface area (Å²) >= 11 is 0. The van der Waals surface area contributed by atoms with Crippen LogP contribution in [0, 0.1) is 11.3 Å². The van der Waals surface area contributed by atoms with Crippen molar-refractivity contribution in [1.82, 2.24) is 0 Å². The lowest BCUT2D eigenvalue weighted by molar-refractivity contribution is -0.173. The van der Waals surface area contributed by atoms with Crippen LogP contribution in [0.25, 0.3) is 0 Å². The zero-order valence-electron chi connectivity index (χ0n) is 18.5. The van der Waals surface area contributed by atoms with Crippen LogP contribution in [0.1, 0.15) is 74.1 Å². The van der Waals surface area contributed by atoms with Gasteiger partial charge in [0.15, 0.2) is 0 Å². The second-order valence-electron chi connectivity index (χ2n) is 9.58. The van der Waals surface area contributed by atoms with E-state index in [9.17, 15) is 19.2 Å². The highest BCUT2D eigenvalue weighted by Crippen LogP contribution is 2.59. The lowest BCUT2D eigenvalue weighted by Gasteiger charge is -2.50. The summed E-state index contributed by atoms with van der Waals surface area (Å²) in [6.45, 7) is 11.9. The van der Waals surface area contributed by atoms with Crippen molar-refractivity contribution < 1.29 is 33.4 Å². The number of ketones is 1. The van der Waals surface area contributed by atoms with Crippen LogP contribution in [0.5, 0.6) is 0 Å². The molecular formula is C22H32O7. The van der Waals surface area contributed by atoms with E-state index in [1.165, 1.54) is 0 Å². The van der Waals surface area contributed by atoms with Gasteiger partial charge in [-0.2, -0.15) is 0 Å². The second-order valence-corrected chi connectivity index (χ2v) is 9.58. The lowest BCUT2D eigenvalue weighted by atomic mass is 9.50. The van der Waals surface area contributed by atoms with Gasteiger partial charge in [-0.3, -0.25) is 9.59 Å². The number of hydrogen-bond donors (Lipinski definition) is 0. The summed E-state index contributed by atoms with van der Waals surface area (Å²) in [7, 11) is 0. The molecule has 2 aliphatic rings. The van der Waals surface area contributed by atoms with E-state index < -0.39 is 40.4 Å². The van der Waals surface area contributed by atoms with Crippen LogP contribution >= 0.6 is 0 Å². The molecule has 2 aliphatic carbocycles. The number of ether oxygens (including phenoxy) is 3. The van der Waals surface area contributed by atoms with E-state index in [0.717, 1.165) is 0 Å². The Labute approximate surface area is 172 Å². The summed E-state index contributed by atoms with van der Waals surface area (Å²) in [5.41, 5.74) is -3.16. The van der Waals surface area contributed by atoms with E-state index >= 15 is 0 Å². The third-order valence-electron chi connectivity index (χ3n) is 4.96. The molecule has 0 radical (unpaired) electrons. The Hall–Kier alpha value is -2.18. The van der Waals surface area contributed by atoms with Gasteiger partial charge in [0.25, 0.3) is 0 Å². The maximum atomic E-state index is 13.1. The minimum atomic E-state index is -1.38. The first-order valence-corrected chi connectivity index (χ1v) is 10.2. The van der Waals surface area contributed by atoms with Gasteiger partial charge < -0.3 is 14.2 Å². The van der Waals surface area contributed by atoms with Crippen molar-refractivity contribution in [2.75, 3.05) is 6.61 Å². The molecule has 1 saturated carbocycles. The molecule has 0 aliphatic heterocycles. The molecule has 0 N–H and O–H groups in total. The highest BCUT2D eigenvalue weighted by Gasteiger charge is 2.67. The van der Waals surface area contributed by atoms with Gasteiger partial charge in [0.2, 0.25) is 0 Å². The second kappa shape index (κ2) is 7.92. The molecule has 0 unspecified atom stereocenters. The minimum Gasteiger partial charge on any atom is -0.463 e. The van der Waals surface area contributed by atoms with E-state index in [1.54, 1.807) is 48.5 Å². The molecule has 0 aromatic heterocycles. The van der Waals surface area contributed by atoms with Crippen LogP contribution in [0.15, 0.2) is 11.1 Å². The van der Waals surface area contributed by atoms with Gasteiger partial charge >= 0.3 is 17.9 Å². The SMILES string of the molecule is CCOC(=O)C1=C(C(=O)OC(C)(C)C)[C@H](C(=O)OC(C)(C)C)[C@@]12CCCCC2=O. The fourth-order valence-corrected chi connectivity index (χ4v) is 4.05. The van der Waals surface area contributed by atoms with Crippen molar-refractivity contribution in [3.63, 3.8) is 0 Å². The van der Waals surface area contributed by atoms with Gasteiger partial charge in [-0.05, 0) is 61.3 Å². The molecule has 2 rings (SSSR count). The standard InChI is InChI=1S/C22H32O7/c1-8-27-18(25)15-14(17(24)28-20(2,3)4)16(19(26)29-21(5,6)7)22(15)12-10-9-11-13(22)23/h16H,8-12H2,1-7H3/t16-,22-/m1/s1. The molecule has 162 valence electrons. The van der Waals surface area contributed by atoms with E-state index in [-0.39, 0.29) is 30.0 Å². The van der Waals surface area contributed by atoms with E-state index in [2.05, 4.69) is 0 Å². The molecule has 7 heteroatoms. The highest BCUT2D eigenvalue weighted by molar-refractivity contribution is 6.16. The predicted molar refractivity (Wildman–Crippen MR) is 105 cm³/mol. The summed E-state index contributed by atoms with van der Waals surface area (Å²) in [4.78, 5) is 51.9. The average Bonchev–Trinajstić information content (AvgIpc) is 2.50. The Kier molecular flexibility index (Phi) is 6.31. The molecule has 0 saturated heterocycles. The number of carbonyl (C=O) groups excluding carboxylic acids is 4. The minimum absolute atomic E-state index is 0.0332. The van der Waals surface area contributed by atoms with Crippen LogP contribution in [0.2, 0.25) is 0 Å². The number of esters is 3. The third-order valence-corrected chi connectivity index (χ3v) is 4.96. The average molecular weight is 408 g/mol. The molecule has 0 bridgehead atoms. The summed E-state index contributed by atoms with van der Waals surface area (Å²) in [6, 6.07) is 0. The molecule has 0 heterocycles. The van der Waals surface area contributed by atoms with Gasteiger partial charge in [-0.25, -0.2) is 9.59 Å². The van der Waals surface area contributed by atoms with Gasteiger partial charge in [-0.15, -0.1) is 0 Å². The van der Waals surface area contributed by atoms with Gasteiger partial charge in [0.1, 0.15) is 22.9 Å². The Morgan fingerprint density at radius 2 is 1.55 bits per heavy atom. The van der Waals surface area contributed by atoms with Crippen molar-refractivity contribution >= 4 is 23.7 Å². The number of carbonyl (C=O) groups is 4. The van der Waals surface area contributed by atoms with E-state index in [4.69, 9.17) is 14.2 Å². The van der Waals surface area contributed by atoms with Crippen LogP contribution in [0.3, 0.4) is 0 Å². The summed E-state index contributed by atoms with van der Waals surface area (Å²) in [6.07, 6.45) is 1.88. The van der Waals surface area contributed by atoms with Crippen LogP contribution in [0.4, 0.5) is 0 Å². The Morgan fingerprint density at radius 1 is 0.966 bits per heavy atom. The zero-order valence-corrected chi connectivity index (χ0v) is 18.5. The Balaban J connectivity index is 2.64. The monoisotopic (exact) mass is 408 g/mol. The van der Waals surface area contributed by atoms with E-state index in [0.29, 0.717) is 19.3 Å². The van der Waals surface area contributed by atoms with Crippen LogP contribution in [-0.2, 0) is 33.4 Å². The zero-order chi connectivity index (χ0) is 22.2. The first kappa shape index (κ1) is 23.1. The predicted octanol–water partition coefficient (Wildman–Crippen LogP) is 3.29. The number of hydrogen-bond acceptors (Lipinski definition) is 7. The van der Waals surface area contributed by atoms with Crippen molar-refractivity contribution in [1.29, 1.82) is 0 Å². The van der Waals surface area contributed by atoms with Gasteiger partial charge in [-0.1, -0.05) is 6.42 Å². The summed E-state index contributed by atoms with van der Waals surface area (Å²) < 4.78 is 16.1. The molecular weight excluding hydrogens is 376 g/mol. The molecule has 2 atom stereocenters. The van der Waals surface area contributed by atoms with Crippen molar-refractivity contribution in [3.05, 3.63) is 11.1 Å². The first-order valence-electron chi connectivity index (χ1n) is 10.2. The highest BCUT2D eigenvalue weighted by atomic mass is 16.6. The normalized spacial score (nSPS) is 24.8. The van der Waals surface area contributed by atoms with Crippen LogP contribution < -0.4 is 0 Å². The topological polar surface area (TPSA) is 96.0 Å². The van der Waals surface area contributed by atoms with Crippen LogP contribution in [-0.4, -0.2) is 41.5 Å². The maximum absolute atomic E-state index is 13.1. The maximum Gasteiger partial charge on any atom is 0.336 e. The molecule has 0 aromatic rings. The third kappa shape index (κ3) is 4.54. The molecule has 29 heavy (non-hydrogen) atoms. The lowest BCUT2D eigenvalue weighted by Crippen LogP contribution is -2.59. The largest absolute Gasteiger partial charge is 0.463 e. The van der Waals surface area contributed by atoms with Crippen molar-refractivity contribution in [3.8, 4) is 0 Å². The van der Waals surface area contributed by atoms with Gasteiger partial charge in [0.05, 0.1) is 23.2 Å². The molecule has 7 nitrogen and oxygen atoms in total. The van der Waals surface area contributed by atoms with Crippen molar-refractivity contribution in [2.24, 2.45) is 11.3 Å². The molecule has 1 spiro atoms. The fraction of sp³-hybridized carbons (Fsp3) is 0.727. The quantitative estimate of drug-likeness (QED) is 0.520. The van der Waals surface area contributed by atoms with Gasteiger partial charge in [0, 0.05) is 6.42 Å². The summed E-state index contributed by atoms with van der Waals surface area (Å²) in [5, 5.41) is 0. The Morgan fingerprint density at radius 3 is 2.03 bits per heavy atom. The smallest absolute Gasteiger partial charge is 0.336 e. The molecule has 1 fully saturated rings. The summed E-state index contributed by atoms with van der Waals surface area (Å²) in [5.74, 6) is -3.62. The number of rotatable bonds is 4. The van der Waals surface area contributed by atoms with Crippen molar-refractivity contribution in [2.45, 2.75) is 85.4 Å².